The van der Waals surface area contributed by atoms with Gasteiger partial charge in [-0.1, -0.05) is 65.8 Å². The average molecular weight is 662 g/mol. The summed E-state index contributed by atoms with van der Waals surface area (Å²) in [6.45, 7) is 1.89. The summed E-state index contributed by atoms with van der Waals surface area (Å²) in [5.41, 5.74) is 7.81. The van der Waals surface area contributed by atoms with Crippen LogP contribution in [0.2, 0.25) is 0 Å². The number of thioether (sulfide) groups is 2. The lowest BCUT2D eigenvalue weighted by molar-refractivity contribution is -0.154. The molecule has 5 rings (SSSR count). The van der Waals surface area contributed by atoms with E-state index >= 15 is 0 Å². The number of carbonyl (C=O) groups is 3. The van der Waals surface area contributed by atoms with Crippen molar-refractivity contribution in [3.05, 3.63) is 100 Å². The van der Waals surface area contributed by atoms with E-state index in [9.17, 15) is 14.4 Å². The minimum Gasteiger partial charge on any atom is -0.448 e. The van der Waals surface area contributed by atoms with Crippen molar-refractivity contribution in [2.45, 2.75) is 24.4 Å². The van der Waals surface area contributed by atoms with Crippen LogP contribution in [0, 0.1) is 11.3 Å². The smallest absolute Gasteiger partial charge is 0.356 e. The number of amides is 2. The third-order valence-corrected chi connectivity index (χ3v) is 9.33. The molecule has 0 radical (unpaired) electrons. The molecule has 45 heavy (non-hydrogen) atoms. The molecule has 12 nitrogen and oxygen atoms in total. The number of nitrogens with one attached hydrogen (secondary N) is 1. The van der Waals surface area contributed by atoms with Gasteiger partial charge in [-0.05, 0) is 29.0 Å². The summed E-state index contributed by atoms with van der Waals surface area (Å²) in [7, 11) is 0. The van der Waals surface area contributed by atoms with Crippen LogP contribution < -0.4 is 11.1 Å². The fraction of sp³-hybridized carbons (Fsp3) is 0.233. The topological polar surface area (TPSA) is 173 Å². The van der Waals surface area contributed by atoms with E-state index in [4.69, 9.17) is 20.6 Å². The number of allylic oxidation sites excluding steroid dienone is 1. The Labute approximate surface area is 271 Å². The van der Waals surface area contributed by atoms with Crippen molar-refractivity contribution in [3.8, 4) is 6.07 Å². The van der Waals surface area contributed by atoms with Gasteiger partial charge in [0.05, 0.1) is 6.07 Å². The van der Waals surface area contributed by atoms with E-state index in [1.165, 1.54) is 34.5 Å². The fourth-order valence-electron chi connectivity index (χ4n) is 4.61. The van der Waals surface area contributed by atoms with Crippen LogP contribution >= 0.6 is 35.1 Å². The van der Waals surface area contributed by atoms with Crippen LogP contribution in [-0.4, -0.2) is 67.3 Å². The zero-order valence-electron chi connectivity index (χ0n) is 23.9. The number of aromatic nitrogens is 2. The monoisotopic (exact) mass is 661 g/mol. The Balaban J connectivity index is 1.41. The summed E-state index contributed by atoms with van der Waals surface area (Å²) >= 11 is 3.62. The summed E-state index contributed by atoms with van der Waals surface area (Å²) in [4.78, 5) is 51.4. The first kappa shape index (κ1) is 31.8. The molecular formula is C30H27N7O5S3. The Morgan fingerprint density at radius 3 is 2.51 bits per heavy atom. The van der Waals surface area contributed by atoms with Crippen molar-refractivity contribution in [3.63, 3.8) is 0 Å². The van der Waals surface area contributed by atoms with Crippen molar-refractivity contribution in [1.82, 2.24) is 19.6 Å². The maximum Gasteiger partial charge on any atom is 0.356 e. The van der Waals surface area contributed by atoms with Gasteiger partial charge in [0.15, 0.2) is 11.2 Å². The summed E-state index contributed by atoms with van der Waals surface area (Å²) < 4.78 is 10.2. The maximum absolute atomic E-state index is 14.0. The zero-order chi connectivity index (χ0) is 31.8. The van der Waals surface area contributed by atoms with Gasteiger partial charge in [0.2, 0.25) is 11.5 Å². The number of β-lactam (4-membered cyclic amide) rings is 1. The van der Waals surface area contributed by atoms with Gasteiger partial charge in [-0.3, -0.25) is 14.5 Å². The highest BCUT2D eigenvalue weighted by molar-refractivity contribution is 8.02. The van der Waals surface area contributed by atoms with Crippen molar-refractivity contribution in [2.24, 2.45) is 5.16 Å². The second-order valence-corrected chi connectivity index (χ2v) is 12.3. The molecule has 3 heterocycles. The van der Waals surface area contributed by atoms with Crippen molar-refractivity contribution >= 4 is 63.7 Å². The Bertz CT molecular complexity index is 1650. The molecule has 0 saturated carbocycles. The summed E-state index contributed by atoms with van der Waals surface area (Å²) in [6, 6.07) is 19.7. The second kappa shape index (κ2) is 14.9. The highest BCUT2D eigenvalue weighted by Crippen LogP contribution is 2.42. The van der Waals surface area contributed by atoms with Gasteiger partial charge >= 0.3 is 5.97 Å². The minimum atomic E-state index is -0.958. The molecule has 0 aliphatic carbocycles. The summed E-state index contributed by atoms with van der Waals surface area (Å²) in [5, 5.41) is 16.6. The Morgan fingerprint density at radius 2 is 1.91 bits per heavy atom. The van der Waals surface area contributed by atoms with Gasteiger partial charge in [-0.2, -0.15) is 14.6 Å². The van der Waals surface area contributed by atoms with Crippen LogP contribution in [0.3, 0.4) is 0 Å². The van der Waals surface area contributed by atoms with Gasteiger partial charge in [0.25, 0.3) is 11.8 Å². The highest BCUT2D eigenvalue weighted by atomic mass is 32.2. The molecule has 2 atom stereocenters. The Morgan fingerprint density at radius 1 is 1.22 bits per heavy atom. The van der Waals surface area contributed by atoms with Crippen LogP contribution in [0.5, 0.6) is 0 Å². The number of hydrogen-bond donors (Lipinski definition) is 2. The zero-order valence-corrected chi connectivity index (χ0v) is 26.3. The number of anilines is 1. The normalized spacial score (nSPS) is 17.9. The molecule has 1 aromatic heterocycles. The van der Waals surface area contributed by atoms with E-state index in [-0.39, 0.29) is 29.0 Å². The number of oxime groups is 1. The van der Waals surface area contributed by atoms with Crippen LogP contribution in [0.15, 0.2) is 88.6 Å². The lowest BCUT2D eigenvalue weighted by Gasteiger charge is -2.49. The minimum absolute atomic E-state index is 0.0230. The molecule has 2 aromatic carbocycles. The molecule has 1 fully saturated rings. The number of ether oxygens (including phenoxy) is 1. The molecule has 2 aliphatic heterocycles. The van der Waals surface area contributed by atoms with Crippen molar-refractivity contribution in [1.29, 1.82) is 5.26 Å². The standard InChI is InChI=1S/C30H27N7O5S3/c1-2-41-35-21(25-34-30(32)45-36-25)26(38)33-22-27(39)37-23(20(17-44-28(22)37)16-43-15-9-14-31)29(40)42-24(18-10-5-3-6-11-18)19-12-7-4-8-13-19/h3-13,15,22,24,28H,2,16-17H2,1H3,(H,33,38)(H2,32,34,36)/b15-9+,35-21+. The first-order valence-corrected chi connectivity index (χ1v) is 16.5. The molecule has 2 aliphatic rings. The molecule has 2 amide bonds. The van der Waals surface area contributed by atoms with E-state index in [0.29, 0.717) is 17.1 Å². The number of rotatable bonds is 12. The molecule has 230 valence electrons. The van der Waals surface area contributed by atoms with E-state index in [0.717, 1.165) is 22.7 Å². The number of fused-ring (bicyclic) bond motifs is 1. The number of nitrogens with zero attached hydrogens (tertiary/aromatic N) is 5. The number of carbonyl (C=O) groups excluding carboxylic acids is 3. The summed E-state index contributed by atoms with van der Waals surface area (Å²) in [5.74, 6) is -1.15. The van der Waals surface area contributed by atoms with Gasteiger partial charge in [-0.15, -0.1) is 23.5 Å². The number of benzene rings is 2. The van der Waals surface area contributed by atoms with Gasteiger partial charge < -0.3 is 20.6 Å². The molecular weight excluding hydrogens is 635 g/mol. The van der Waals surface area contributed by atoms with Crippen LogP contribution in [0.25, 0.3) is 0 Å². The number of hydrogen-bond acceptors (Lipinski definition) is 13. The van der Waals surface area contributed by atoms with Gasteiger partial charge in [0, 0.05) is 29.1 Å². The Hall–Kier alpha value is -4.65. The predicted octanol–water partition coefficient (Wildman–Crippen LogP) is 3.62. The molecule has 0 spiro atoms. The lowest BCUT2D eigenvalue weighted by atomic mass is 10.0. The van der Waals surface area contributed by atoms with E-state index in [1.54, 1.807) is 12.3 Å². The predicted molar refractivity (Wildman–Crippen MR) is 173 cm³/mol. The SMILES string of the molecule is CCO/N=C(/C(=O)NC1C(=O)N2C(C(=O)OC(c3ccccc3)c3ccccc3)=C(CS/C=C/C#N)CSC12)c1nsc(N)n1. The van der Waals surface area contributed by atoms with Gasteiger partial charge in [-0.25, -0.2) is 4.79 Å². The van der Waals surface area contributed by atoms with Crippen LogP contribution in [-0.2, 0) is 24.0 Å². The van der Waals surface area contributed by atoms with Crippen LogP contribution in [0.4, 0.5) is 5.13 Å². The quantitative estimate of drug-likeness (QED) is 0.0954. The van der Waals surface area contributed by atoms with E-state index in [2.05, 4.69) is 19.8 Å². The average Bonchev–Trinajstić information content (AvgIpc) is 3.50. The molecule has 1 saturated heterocycles. The second-order valence-electron chi connectivity index (χ2n) is 9.48. The molecule has 2 unspecified atom stereocenters. The highest BCUT2D eigenvalue weighted by Gasteiger charge is 2.55. The molecule has 3 aromatic rings. The first-order valence-electron chi connectivity index (χ1n) is 13.7. The number of esters is 1. The van der Waals surface area contributed by atoms with E-state index in [1.807, 2.05) is 66.7 Å². The third kappa shape index (κ3) is 7.19. The van der Waals surface area contributed by atoms with E-state index < -0.39 is 35.3 Å². The first-order chi connectivity index (χ1) is 21.9. The molecule has 0 bridgehead atoms. The van der Waals surface area contributed by atoms with Crippen molar-refractivity contribution in [2.75, 3.05) is 23.8 Å². The fourth-order valence-corrected chi connectivity index (χ4v) is 7.21. The van der Waals surface area contributed by atoms with Gasteiger partial charge in [0.1, 0.15) is 23.7 Å². The molecule has 15 heteroatoms. The largest absolute Gasteiger partial charge is 0.448 e. The number of nitrogen functional groups attached to an aromatic ring is 1. The maximum atomic E-state index is 14.0. The Kier molecular flexibility index (Phi) is 10.5. The van der Waals surface area contributed by atoms with Crippen molar-refractivity contribution < 1.29 is 24.0 Å². The number of nitriles is 1. The van der Waals surface area contributed by atoms with Crippen LogP contribution in [0.1, 0.15) is 30.0 Å². The molecule has 3 N–H and O–H groups in total. The summed E-state index contributed by atoms with van der Waals surface area (Å²) in [6.07, 6.45) is 0.616. The lowest BCUT2D eigenvalue weighted by Crippen LogP contribution is -2.71. The third-order valence-electron chi connectivity index (χ3n) is 6.61. The number of nitrogens with two attached hydrogens (primary N) is 1.